The summed E-state index contributed by atoms with van der Waals surface area (Å²) in [6.07, 6.45) is 9.10. The molecule has 0 radical (unpaired) electrons. The molecule has 0 aromatic heterocycles. The van der Waals surface area contributed by atoms with E-state index in [0.29, 0.717) is 23.7 Å². The summed E-state index contributed by atoms with van der Waals surface area (Å²) in [5.41, 5.74) is 1.25. The van der Waals surface area contributed by atoms with Crippen LogP contribution in [-0.2, 0) is 0 Å². The molecule has 1 saturated carbocycles. The Balaban J connectivity index is 2.12. The van der Waals surface area contributed by atoms with Crippen molar-refractivity contribution >= 4 is 5.87 Å². The van der Waals surface area contributed by atoms with Crippen molar-refractivity contribution in [2.24, 2.45) is 23.7 Å². The molecular formula is C10H9N. The third-order valence-electron chi connectivity index (χ3n) is 3.08. The first kappa shape index (κ1) is 5.56. The lowest BCUT2D eigenvalue weighted by molar-refractivity contribution is 0.499. The summed E-state index contributed by atoms with van der Waals surface area (Å²) in [6.45, 7) is 0. The van der Waals surface area contributed by atoms with Crippen LogP contribution in [0.3, 0.4) is 0 Å². The second-order valence-corrected chi connectivity index (χ2v) is 3.56. The predicted molar refractivity (Wildman–Crippen MR) is 43.5 cm³/mol. The maximum absolute atomic E-state index is 7.08. The molecule has 2 bridgehead atoms. The Hall–Kier alpha value is -1.07. The van der Waals surface area contributed by atoms with E-state index in [-0.39, 0.29) is 0 Å². The zero-order chi connectivity index (χ0) is 7.42. The Labute approximate surface area is 65.6 Å². The third-order valence-corrected chi connectivity index (χ3v) is 3.08. The van der Waals surface area contributed by atoms with Crippen LogP contribution in [0, 0.1) is 29.1 Å². The van der Waals surface area contributed by atoms with Crippen LogP contribution in [0.25, 0.3) is 0 Å². The summed E-state index contributed by atoms with van der Waals surface area (Å²) in [6, 6.07) is 0. The molecule has 0 aromatic carbocycles. The van der Waals surface area contributed by atoms with Crippen LogP contribution in [0.2, 0.25) is 0 Å². The second-order valence-electron chi connectivity index (χ2n) is 3.56. The van der Waals surface area contributed by atoms with Crippen molar-refractivity contribution in [3.63, 3.8) is 0 Å². The lowest BCUT2D eigenvalue weighted by Gasteiger charge is -2.21. The predicted octanol–water partition coefficient (Wildman–Crippen LogP) is 1.78. The van der Waals surface area contributed by atoms with E-state index in [1.165, 1.54) is 5.57 Å². The van der Waals surface area contributed by atoms with Crippen LogP contribution in [0.1, 0.15) is 0 Å². The summed E-state index contributed by atoms with van der Waals surface area (Å²) in [4.78, 5) is 0. The highest BCUT2D eigenvalue weighted by Gasteiger charge is 2.54. The van der Waals surface area contributed by atoms with Gasteiger partial charge in [0.1, 0.15) is 0 Å². The van der Waals surface area contributed by atoms with E-state index in [1.54, 1.807) is 0 Å². The molecule has 0 saturated heterocycles. The topological polar surface area (TPSA) is 23.9 Å². The van der Waals surface area contributed by atoms with Crippen LogP contribution in [0.5, 0.6) is 0 Å². The Morgan fingerprint density at radius 1 is 1.00 bits per heavy atom. The highest BCUT2D eigenvalue weighted by molar-refractivity contribution is 5.66. The van der Waals surface area contributed by atoms with Gasteiger partial charge in [0, 0.05) is 23.7 Å². The highest BCUT2D eigenvalue weighted by atomic mass is 14.6. The molecule has 1 nitrogen and oxygen atoms in total. The molecule has 0 aliphatic heterocycles. The standard InChI is InChI=1S/C10H9N/c11-5-8-9-6-1-2-7(4-3-6)10(8)9/h1-4,6-7,9-11H/t6?,7?,9-,10+. The molecule has 0 heterocycles. The molecule has 1 N–H and O–H groups in total. The summed E-state index contributed by atoms with van der Waals surface area (Å²) >= 11 is 0. The van der Waals surface area contributed by atoms with E-state index in [2.05, 4.69) is 30.2 Å². The van der Waals surface area contributed by atoms with Gasteiger partial charge in [-0.05, 0) is 11.4 Å². The SMILES string of the molecule is N=C=C1[C@@H]2C3C=CC(C=C3)[C@H]12. The van der Waals surface area contributed by atoms with Gasteiger partial charge in [-0.2, -0.15) is 0 Å². The van der Waals surface area contributed by atoms with Gasteiger partial charge < -0.3 is 0 Å². The van der Waals surface area contributed by atoms with Gasteiger partial charge in [-0.25, -0.2) is 0 Å². The number of hydrogen-bond donors (Lipinski definition) is 1. The van der Waals surface area contributed by atoms with E-state index in [4.69, 9.17) is 5.41 Å². The Kier molecular flexibility index (Phi) is 0.793. The van der Waals surface area contributed by atoms with Gasteiger partial charge in [0.15, 0.2) is 0 Å². The van der Waals surface area contributed by atoms with Crippen LogP contribution >= 0.6 is 0 Å². The number of rotatable bonds is 0. The van der Waals surface area contributed by atoms with Gasteiger partial charge in [0.2, 0.25) is 0 Å². The lowest BCUT2D eigenvalue weighted by atomic mass is 9.82. The molecule has 1 heteroatoms. The van der Waals surface area contributed by atoms with E-state index in [1.807, 2.05) is 0 Å². The van der Waals surface area contributed by atoms with Gasteiger partial charge in [0.05, 0.1) is 0 Å². The van der Waals surface area contributed by atoms with Crippen molar-refractivity contribution in [2.45, 2.75) is 0 Å². The minimum Gasteiger partial charge on any atom is -0.259 e. The van der Waals surface area contributed by atoms with E-state index in [0.717, 1.165) is 0 Å². The number of nitrogens with one attached hydrogen (secondary N) is 1. The Bertz CT molecular complexity index is 280. The minimum atomic E-state index is 0.595. The second kappa shape index (κ2) is 1.57. The van der Waals surface area contributed by atoms with Crippen molar-refractivity contribution < 1.29 is 0 Å². The summed E-state index contributed by atoms with van der Waals surface area (Å²) in [5.74, 6) is 5.08. The molecule has 11 heavy (non-hydrogen) atoms. The molecule has 1 fully saturated rings. The Morgan fingerprint density at radius 3 is 1.82 bits per heavy atom. The first-order chi connectivity index (χ1) is 5.42. The molecule has 4 aliphatic carbocycles. The average Bonchev–Trinajstić information content (AvgIpc) is 2.81. The fourth-order valence-electron chi connectivity index (χ4n) is 2.49. The van der Waals surface area contributed by atoms with Gasteiger partial charge in [-0.1, -0.05) is 24.3 Å². The molecule has 2 atom stereocenters. The fourth-order valence-corrected chi connectivity index (χ4v) is 2.49. The molecule has 0 amide bonds. The van der Waals surface area contributed by atoms with Crippen LogP contribution in [0.4, 0.5) is 0 Å². The maximum atomic E-state index is 7.08. The van der Waals surface area contributed by atoms with E-state index in [9.17, 15) is 0 Å². The van der Waals surface area contributed by atoms with Gasteiger partial charge in [-0.15, -0.1) is 0 Å². The van der Waals surface area contributed by atoms with Crippen molar-refractivity contribution in [3.05, 3.63) is 29.9 Å². The molecule has 0 aromatic rings. The van der Waals surface area contributed by atoms with Gasteiger partial charge in [0.25, 0.3) is 0 Å². The summed E-state index contributed by atoms with van der Waals surface area (Å²) in [5, 5.41) is 7.08. The highest BCUT2D eigenvalue weighted by Crippen LogP contribution is 2.59. The van der Waals surface area contributed by atoms with Crippen molar-refractivity contribution in [3.8, 4) is 0 Å². The maximum Gasteiger partial charge on any atom is 0.00704 e. The molecule has 4 rings (SSSR count). The monoisotopic (exact) mass is 143 g/mol. The van der Waals surface area contributed by atoms with Gasteiger partial charge in [-0.3, -0.25) is 5.41 Å². The van der Waals surface area contributed by atoms with E-state index >= 15 is 0 Å². The summed E-state index contributed by atoms with van der Waals surface area (Å²) in [7, 11) is 0. The number of hydrogen-bond acceptors (Lipinski definition) is 1. The quantitative estimate of drug-likeness (QED) is 0.395. The normalized spacial score (nSPS) is 48.9. The first-order valence-electron chi connectivity index (χ1n) is 4.08. The average molecular weight is 143 g/mol. The zero-order valence-corrected chi connectivity index (χ0v) is 6.12. The third kappa shape index (κ3) is 0.512. The summed E-state index contributed by atoms with van der Waals surface area (Å²) < 4.78 is 0. The number of allylic oxidation sites excluding steroid dienone is 5. The smallest absolute Gasteiger partial charge is 0.00704 e. The van der Waals surface area contributed by atoms with Gasteiger partial charge >= 0.3 is 0 Å². The fraction of sp³-hybridized carbons (Fsp3) is 0.400. The largest absolute Gasteiger partial charge is 0.259 e. The molecule has 0 spiro atoms. The van der Waals surface area contributed by atoms with Crippen molar-refractivity contribution in [1.82, 2.24) is 0 Å². The van der Waals surface area contributed by atoms with Crippen molar-refractivity contribution in [1.29, 1.82) is 5.41 Å². The molecule has 4 aliphatic rings. The van der Waals surface area contributed by atoms with Crippen molar-refractivity contribution in [2.75, 3.05) is 0 Å². The molecule has 0 unspecified atom stereocenters. The van der Waals surface area contributed by atoms with Crippen LogP contribution < -0.4 is 0 Å². The van der Waals surface area contributed by atoms with Crippen LogP contribution in [0.15, 0.2) is 29.9 Å². The first-order valence-corrected chi connectivity index (χ1v) is 4.08. The molecular weight excluding hydrogens is 134 g/mol. The Morgan fingerprint density at radius 2 is 1.45 bits per heavy atom. The molecule has 54 valence electrons. The van der Waals surface area contributed by atoms with Crippen LogP contribution in [-0.4, -0.2) is 5.87 Å². The minimum absolute atomic E-state index is 0.595. The van der Waals surface area contributed by atoms with E-state index < -0.39 is 0 Å². The zero-order valence-electron chi connectivity index (χ0n) is 6.12. The lowest BCUT2D eigenvalue weighted by Crippen LogP contribution is -2.14.